The van der Waals surface area contributed by atoms with Crippen LogP contribution in [0.1, 0.15) is 13.8 Å². The van der Waals surface area contributed by atoms with Crippen molar-refractivity contribution in [1.29, 1.82) is 0 Å². The minimum atomic E-state index is -0.553. The number of nitrogens with zero attached hydrogens (tertiary/aromatic N) is 1. The first-order valence-corrected chi connectivity index (χ1v) is 4.16. The summed E-state index contributed by atoms with van der Waals surface area (Å²) in [6, 6.07) is -0.553. The largest absolute Gasteiger partial charge is 0.345 e. The predicted molar refractivity (Wildman–Crippen MR) is 50.5 cm³/mol. The van der Waals surface area contributed by atoms with E-state index in [-0.39, 0.29) is 11.8 Å². The molecule has 1 aromatic rings. The van der Waals surface area contributed by atoms with E-state index in [1.165, 1.54) is 13.1 Å². The van der Waals surface area contributed by atoms with Crippen LogP contribution in [0.4, 0.5) is 5.69 Å². The first-order chi connectivity index (χ1) is 6.59. The second-order valence-electron chi connectivity index (χ2n) is 2.90. The highest BCUT2D eigenvalue weighted by atomic mass is 16.2. The number of hydrogen-bond donors (Lipinski definition) is 3. The first-order valence-electron chi connectivity index (χ1n) is 4.16. The number of rotatable bonds is 3. The highest BCUT2D eigenvalue weighted by molar-refractivity contribution is 5.96. The standard InChI is InChI=1S/C8H12N4O2/c1-5(11-6(2)13)8(14)12-7-3-9-10-4-7/h3-5H,1-2H3,(H,9,10)(H,11,13)(H,12,14). The van der Waals surface area contributed by atoms with Crippen LogP contribution >= 0.6 is 0 Å². The molecular weight excluding hydrogens is 184 g/mol. The molecule has 0 bridgehead atoms. The zero-order valence-electron chi connectivity index (χ0n) is 8.00. The third-order valence-corrected chi connectivity index (χ3v) is 1.58. The van der Waals surface area contributed by atoms with Crippen LogP contribution in [-0.2, 0) is 9.59 Å². The second kappa shape index (κ2) is 4.40. The maximum absolute atomic E-state index is 11.4. The number of aromatic amines is 1. The molecule has 1 unspecified atom stereocenters. The topological polar surface area (TPSA) is 86.9 Å². The van der Waals surface area contributed by atoms with Gasteiger partial charge in [-0.05, 0) is 6.92 Å². The molecule has 6 heteroatoms. The summed E-state index contributed by atoms with van der Waals surface area (Å²) in [6.07, 6.45) is 3.04. The Morgan fingerprint density at radius 2 is 2.29 bits per heavy atom. The number of carbonyl (C=O) groups excluding carboxylic acids is 2. The molecule has 0 aromatic carbocycles. The van der Waals surface area contributed by atoms with Crippen molar-refractivity contribution in [3.05, 3.63) is 12.4 Å². The third kappa shape index (κ3) is 2.89. The molecule has 3 N–H and O–H groups in total. The van der Waals surface area contributed by atoms with Crippen molar-refractivity contribution >= 4 is 17.5 Å². The van der Waals surface area contributed by atoms with Crippen molar-refractivity contribution in [2.75, 3.05) is 5.32 Å². The van der Waals surface area contributed by atoms with E-state index in [0.717, 1.165) is 0 Å². The van der Waals surface area contributed by atoms with Gasteiger partial charge in [-0.3, -0.25) is 14.7 Å². The lowest BCUT2D eigenvalue weighted by molar-refractivity contribution is -0.124. The molecule has 1 atom stereocenters. The lowest BCUT2D eigenvalue weighted by Gasteiger charge is -2.11. The normalized spacial score (nSPS) is 11.9. The van der Waals surface area contributed by atoms with Gasteiger partial charge in [-0.2, -0.15) is 5.10 Å². The molecule has 14 heavy (non-hydrogen) atoms. The van der Waals surface area contributed by atoms with Crippen molar-refractivity contribution in [2.24, 2.45) is 0 Å². The number of nitrogens with one attached hydrogen (secondary N) is 3. The summed E-state index contributed by atoms with van der Waals surface area (Å²) >= 11 is 0. The van der Waals surface area contributed by atoms with Crippen molar-refractivity contribution in [2.45, 2.75) is 19.9 Å². The van der Waals surface area contributed by atoms with E-state index in [4.69, 9.17) is 0 Å². The van der Waals surface area contributed by atoms with Gasteiger partial charge < -0.3 is 10.6 Å². The van der Waals surface area contributed by atoms with Crippen molar-refractivity contribution in [3.8, 4) is 0 Å². The lowest BCUT2D eigenvalue weighted by Crippen LogP contribution is -2.40. The van der Waals surface area contributed by atoms with E-state index < -0.39 is 6.04 Å². The molecule has 0 aliphatic carbocycles. The highest BCUT2D eigenvalue weighted by Gasteiger charge is 2.13. The van der Waals surface area contributed by atoms with Crippen molar-refractivity contribution < 1.29 is 9.59 Å². The van der Waals surface area contributed by atoms with Gasteiger partial charge >= 0.3 is 0 Å². The monoisotopic (exact) mass is 196 g/mol. The van der Waals surface area contributed by atoms with Crippen molar-refractivity contribution in [1.82, 2.24) is 15.5 Å². The number of hydrogen-bond acceptors (Lipinski definition) is 3. The van der Waals surface area contributed by atoms with Gasteiger partial charge in [0, 0.05) is 13.1 Å². The van der Waals surface area contributed by atoms with Gasteiger partial charge in [-0.25, -0.2) is 0 Å². The van der Waals surface area contributed by atoms with Crippen LogP contribution in [0.5, 0.6) is 0 Å². The van der Waals surface area contributed by atoms with E-state index in [2.05, 4.69) is 20.8 Å². The number of amides is 2. The average Bonchev–Trinajstić information content (AvgIpc) is 2.55. The Bertz CT molecular complexity index is 320. The lowest BCUT2D eigenvalue weighted by atomic mass is 10.3. The Morgan fingerprint density at radius 3 is 2.79 bits per heavy atom. The summed E-state index contributed by atoms with van der Waals surface area (Å²) in [5, 5.41) is 11.3. The SMILES string of the molecule is CC(=O)NC(C)C(=O)Nc1cn[nH]c1. The van der Waals surface area contributed by atoms with Gasteiger partial charge in [-0.1, -0.05) is 0 Å². The fourth-order valence-electron chi connectivity index (χ4n) is 0.940. The van der Waals surface area contributed by atoms with Crippen LogP contribution in [-0.4, -0.2) is 28.1 Å². The molecule has 0 saturated heterocycles. The molecule has 1 aromatic heterocycles. The summed E-state index contributed by atoms with van der Waals surface area (Å²) in [4.78, 5) is 22.0. The van der Waals surface area contributed by atoms with Gasteiger partial charge in [-0.15, -0.1) is 0 Å². The van der Waals surface area contributed by atoms with Crippen LogP contribution in [0, 0.1) is 0 Å². The molecule has 76 valence electrons. The number of aromatic nitrogens is 2. The fourth-order valence-corrected chi connectivity index (χ4v) is 0.940. The van der Waals surface area contributed by atoms with Gasteiger partial charge in [0.05, 0.1) is 11.9 Å². The summed E-state index contributed by atoms with van der Waals surface area (Å²) in [7, 11) is 0. The Balaban J connectivity index is 2.46. The molecule has 0 aliphatic heterocycles. The Labute approximate surface area is 81.1 Å². The Morgan fingerprint density at radius 1 is 1.57 bits per heavy atom. The quantitative estimate of drug-likeness (QED) is 0.629. The third-order valence-electron chi connectivity index (χ3n) is 1.58. The number of H-pyrrole nitrogens is 1. The van der Waals surface area contributed by atoms with E-state index in [1.807, 2.05) is 0 Å². The predicted octanol–water partition coefficient (Wildman–Crippen LogP) is -0.127. The van der Waals surface area contributed by atoms with E-state index in [9.17, 15) is 9.59 Å². The smallest absolute Gasteiger partial charge is 0.246 e. The zero-order valence-corrected chi connectivity index (χ0v) is 8.00. The molecule has 1 heterocycles. The summed E-state index contributed by atoms with van der Waals surface area (Å²) in [6.45, 7) is 2.97. The molecule has 0 radical (unpaired) electrons. The van der Waals surface area contributed by atoms with Crippen molar-refractivity contribution in [3.63, 3.8) is 0 Å². The minimum absolute atomic E-state index is 0.236. The van der Waals surface area contributed by atoms with E-state index >= 15 is 0 Å². The van der Waals surface area contributed by atoms with Crippen LogP contribution in [0.25, 0.3) is 0 Å². The molecule has 0 aliphatic rings. The zero-order chi connectivity index (χ0) is 10.6. The molecule has 2 amide bonds. The molecule has 6 nitrogen and oxygen atoms in total. The van der Waals surface area contributed by atoms with Crippen LogP contribution in [0.2, 0.25) is 0 Å². The Kier molecular flexibility index (Phi) is 3.22. The Hall–Kier alpha value is -1.85. The van der Waals surface area contributed by atoms with E-state index in [1.54, 1.807) is 13.1 Å². The molecule has 0 fully saturated rings. The average molecular weight is 196 g/mol. The molecule has 1 rings (SSSR count). The van der Waals surface area contributed by atoms with E-state index in [0.29, 0.717) is 5.69 Å². The highest BCUT2D eigenvalue weighted by Crippen LogP contribution is 2.01. The van der Waals surface area contributed by atoms with Gasteiger partial charge in [0.2, 0.25) is 11.8 Å². The second-order valence-corrected chi connectivity index (χ2v) is 2.90. The number of carbonyl (C=O) groups is 2. The summed E-state index contributed by atoms with van der Waals surface area (Å²) in [5.41, 5.74) is 0.576. The van der Waals surface area contributed by atoms with Crippen LogP contribution in [0.15, 0.2) is 12.4 Å². The van der Waals surface area contributed by atoms with Gasteiger partial charge in [0.25, 0.3) is 0 Å². The maximum atomic E-state index is 11.4. The van der Waals surface area contributed by atoms with Crippen LogP contribution < -0.4 is 10.6 Å². The molecule has 0 spiro atoms. The molecular formula is C8H12N4O2. The summed E-state index contributed by atoms with van der Waals surface area (Å²) < 4.78 is 0. The molecule has 0 saturated carbocycles. The number of anilines is 1. The van der Waals surface area contributed by atoms with Gasteiger partial charge in [0.1, 0.15) is 6.04 Å². The van der Waals surface area contributed by atoms with Crippen LogP contribution in [0.3, 0.4) is 0 Å². The first kappa shape index (κ1) is 10.2. The fraction of sp³-hybridized carbons (Fsp3) is 0.375. The summed E-state index contributed by atoms with van der Waals surface area (Å²) in [5.74, 6) is -0.513. The maximum Gasteiger partial charge on any atom is 0.246 e. The minimum Gasteiger partial charge on any atom is -0.345 e. The van der Waals surface area contributed by atoms with Gasteiger partial charge in [0.15, 0.2) is 0 Å².